The van der Waals surface area contributed by atoms with Crippen LogP contribution in [0, 0.1) is 17.2 Å². The molecule has 8 nitrogen and oxygen atoms in total. The SMILES string of the molecule is CC(Sc1nnc2n(Cc3ccccc3)c(=O)c3ccccc3n12)C(=O)NC(C)(C#N)C(C)C. The number of carbonyl (C=O) groups excluding carboxylic acids is 1. The molecule has 0 spiro atoms. The van der Waals surface area contributed by atoms with Crippen molar-refractivity contribution in [3.8, 4) is 6.07 Å². The number of para-hydroxylation sites is 1. The maximum absolute atomic E-state index is 13.3. The number of amides is 1. The Hall–Kier alpha value is -3.64. The molecule has 2 aromatic heterocycles. The Labute approximate surface area is 201 Å². The number of fused-ring (bicyclic) bond motifs is 3. The first-order valence-electron chi connectivity index (χ1n) is 11.1. The molecule has 4 rings (SSSR count). The van der Waals surface area contributed by atoms with E-state index in [1.807, 2.05) is 66.8 Å². The molecule has 1 N–H and O–H groups in total. The van der Waals surface area contributed by atoms with E-state index in [1.54, 1.807) is 24.5 Å². The molecule has 34 heavy (non-hydrogen) atoms. The molecular weight excluding hydrogens is 448 g/mol. The minimum atomic E-state index is -0.971. The molecule has 1 amide bonds. The van der Waals surface area contributed by atoms with E-state index in [4.69, 9.17) is 0 Å². The first-order valence-corrected chi connectivity index (χ1v) is 11.9. The van der Waals surface area contributed by atoms with Crippen LogP contribution in [-0.4, -0.2) is 35.9 Å². The Morgan fingerprint density at radius 3 is 2.47 bits per heavy atom. The molecule has 2 unspecified atom stereocenters. The van der Waals surface area contributed by atoms with Crippen molar-refractivity contribution in [1.29, 1.82) is 5.26 Å². The van der Waals surface area contributed by atoms with Gasteiger partial charge in [-0.2, -0.15) is 5.26 Å². The molecule has 0 aliphatic heterocycles. The maximum Gasteiger partial charge on any atom is 0.263 e. The van der Waals surface area contributed by atoms with E-state index >= 15 is 0 Å². The summed E-state index contributed by atoms with van der Waals surface area (Å²) in [7, 11) is 0. The van der Waals surface area contributed by atoms with Gasteiger partial charge in [0.2, 0.25) is 11.7 Å². The lowest BCUT2D eigenvalue weighted by molar-refractivity contribution is -0.121. The second kappa shape index (κ2) is 9.31. The molecule has 0 aliphatic carbocycles. The summed E-state index contributed by atoms with van der Waals surface area (Å²) in [5.41, 5.74) is 0.525. The van der Waals surface area contributed by atoms with Crippen molar-refractivity contribution >= 4 is 34.3 Å². The van der Waals surface area contributed by atoms with Crippen LogP contribution in [-0.2, 0) is 11.3 Å². The Bertz CT molecular complexity index is 1450. The summed E-state index contributed by atoms with van der Waals surface area (Å²) in [6.07, 6.45) is 0. The van der Waals surface area contributed by atoms with Crippen LogP contribution >= 0.6 is 11.8 Å². The standard InChI is InChI=1S/C25H26N6O2S/c1-16(2)25(4,15-26)27-21(32)17(3)34-24-29-28-23-30(14-18-10-6-5-7-11-18)22(33)19-12-8-9-13-20(19)31(23)24/h5-13,16-17H,14H2,1-4H3,(H,27,32). The van der Waals surface area contributed by atoms with Gasteiger partial charge in [0, 0.05) is 0 Å². The molecular formula is C25H26N6O2S. The minimum Gasteiger partial charge on any atom is -0.337 e. The smallest absolute Gasteiger partial charge is 0.263 e. The third-order valence-corrected chi connectivity index (χ3v) is 7.13. The van der Waals surface area contributed by atoms with Gasteiger partial charge in [-0.15, -0.1) is 10.2 Å². The van der Waals surface area contributed by atoms with Gasteiger partial charge in [0.15, 0.2) is 5.16 Å². The predicted octanol–water partition coefficient (Wildman–Crippen LogP) is 3.63. The topological polar surface area (TPSA) is 105 Å². The fraction of sp³-hybridized carbons (Fsp3) is 0.320. The van der Waals surface area contributed by atoms with Crippen molar-refractivity contribution in [1.82, 2.24) is 24.5 Å². The van der Waals surface area contributed by atoms with Crippen LogP contribution < -0.4 is 10.9 Å². The third kappa shape index (κ3) is 4.29. The number of nitrogens with one attached hydrogen (secondary N) is 1. The molecule has 0 saturated carbocycles. The molecule has 2 heterocycles. The molecule has 0 aliphatic rings. The minimum absolute atomic E-state index is 0.0519. The highest BCUT2D eigenvalue weighted by atomic mass is 32.2. The van der Waals surface area contributed by atoms with E-state index in [-0.39, 0.29) is 17.4 Å². The van der Waals surface area contributed by atoms with E-state index in [2.05, 4.69) is 21.6 Å². The highest BCUT2D eigenvalue weighted by Gasteiger charge is 2.32. The lowest BCUT2D eigenvalue weighted by Gasteiger charge is -2.28. The number of carbonyl (C=O) groups is 1. The summed E-state index contributed by atoms with van der Waals surface area (Å²) in [6.45, 7) is 7.62. The average Bonchev–Trinajstić information content (AvgIpc) is 3.25. The predicted molar refractivity (Wildman–Crippen MR) is 133 cm³/mol. The summed E-state index contributed by atoms with van der Waals surface area (Å²) in [4.78, 5) is 26.2. The fourth-order valence-corrected chi connectivity index (χ4v) is 4.44. The van der Waals surface area contributed by atoms with Crippen molar-refractivity contribution in [2.45, 2.75) is 50.2 Å². The average molecular weight is 475 g/mol. The number of benzene rings is 2. The van der Waals surface area contributed by atoms with Crippen molar-refractivity contribution < 1.29 is 4.79 Å². The molecule has 0 saturated heterocycles. The summed E-state index contributed by atoms with van der Waals surface area (Å²) in [6, 6.07) is 19.2. The van der Waals surface area contributed by atoms with Gasteiger partial charge in [-0.3, -0.25) is 18.6 Å². The van der Waals surface area contributed by atoms with Crippen molar-refractivity contribution in [3.05, 3.63) is 70.5 Å². The molecule has 0 radical (unpaired) electrons. The molecule has 2 atom stereocenters. The number of aromatic nitrogens is 4. The monoisotopic (exact) mass is 474 g/mol. The van der Waals surface area contributed by atoms with Crippen LogP contribution in [0.25, 0.3) is 16.7 Å². The number of thioether (sulfide) groups is 1. The Kier molecular flexibility index (Phi) is 6.44. The van der Waals surface area contributed by atoms with E-state index in [0.29, 0.717) is 28.4 Å². The number of nitriles is 1. The lowest BCUT2D eigenvalue weighted by atomic mass is 9.90. The summed E-state index contributed by atoms with van der Waals surface area (Å²) >= 11 is 1.24. The largest absolute Gasteiger partial charge is 0.337 e. The van der Waals surface area contributed by atoms with Crippen LogP contribution in [0.5, 0.6) is 0 Å². The zero-order chi connectivity index (χ0) is 24.5. The van der Waals surface area contributed by atoms with Crippen LogP contribution in [0.2, 0.25) is 0 Å². The second-order valence-electron chi connectivity index (χ2n) is 8.73. The fourth-order valence-electron chi connectivity index (χ4n) is 3.59. The zero-order valence-electron chi connectivity index (χ0n) is 19.5. The highest BCUT2D eigenvalue weighted by Crippen LogP contribution is 2.26. The van der Waals surface area contributed by atoms with Crippen LogP contribution in [0.3, 0.4) is 0 Å². The zero-order valence-corrected chi connectivity index (χ0v) is 20.3. The van der Waals surface area contributed by atoms with Gasteiger partial charge in [-0.25, -0.2) is 0 Å². The van der Waals surface area contributed by atoms with E-state index in [1.165, 1.54) is 11.8 Å². The lowest BCUT2D eigenvalue weighted by Crippen LogP contribution is -2.51. The molecule has 4 aromatic rings. The number of rotatable bonds is 7. The summed E-state index contributed by atoms with van der Waals surface area (Å²) < 4.78 is 3.42. The molecule has 174 valence electrons. The summed E-state index contributed by atoms with van der Waals surface area (Å²) in [5, 5.41) is 21.6. The summed E-state index contributed by atoms with van der Waals surface area (Å²) in [5.74, 6) is 0.0945. The molecule has 0 bridgehead atoms. The third-order valence-electron chi connectivity index (χ3n) is 6.08. The Balaban J connectivity index is 1.76. The highest BCUT2D eigenvalue weighted by molar-refractivity contribution is 8.00. The van der Waals surface area contributed by atoms with E-state index in [0.717, 1.165) is 5.56 Å². The number of hydrogen-bond acceptors (Lipinski definition) is 6. The van der Waals surface area contributed by atoms with Crippen molar-refractivity contribution in [2.75, 3.05) is 0 Å². The Morgan fingerprint density at radius 1 is 1.12 bits per heavy atom. The molecule has 0 fully saturated rings. The van der Waals surface area contributed by atoms with Crippen LogP contribution in [0.15, 0.2) is 64.5 Å². The van der Waals surface area contributed by atoms with Gasteiger partial charge in [-0.1, -0.05) is 68.1 Å². The maximum atomic E-state index is 13.3. The van der Waals surface area contributed by atoms with Gasteiger partial charge < -0.3 is 5.32 Å². The Morgan fingerprint density at radius 2 is 1.79 bits per heavy atom. The van der Waals surface area contributed by atoms with Crippen molar-refractivity contribution in [3.63, 3.8) is 0 Å². The number of hydrogen-bond donors (Lipinski definition) is 1. The molecule has 2 aromatic carbocycles. The molecule has 9 heteroatoms. The van der Waals surface area contributed by atoms with Crippen LogP contribution in [0.4, 0.5) is 0 Å². The van der Waals surface area contributed by atoms with E-state index < -0.39 is 10.8 Å². The second-order valence-corrected chi connectivity index (χ2v) is 10.0. The first kappa shape index (κ1) is 23.5. The van der Waals surface area contributed by atoms with Gasteiger partial charge in [0.05, 0.1) is 28.8 Å². The van der Waals surface area contributed by atoms with Crippen LogP contribution in [0.1, 0.15) is 33.3 Å². The van der Waals surface area contributed by atoms with Gasteiger partial charge in [0.25, 0.3) is 5.56 Å². The number of nitrogens with zero attached hydrogens (tertiary/aromatic N) is 5. The quantitative estimate of drug-likeness (QED) is 0.410. The van der Waals surface area contributed by atoms with Crippen molar-refractivity contribution in [2.24, 2.45) is 5.92 Å². The normalized spacial score (nSPS) is 14.1. The van der Waals surface area contributed by atoms with E-state index in [9.17, 15) is 14.9 Å². The van der Waals surface area contributed by atoms with Gasteiger partial charge in [-0.05, 0) is 37.5 Å². The van der Waals surface area contributed by atoms with Gasteiger partial charge in [0.1, 0.15) is 5.54 Å². The van der Waals surface area contributed by atoms with Gasteiger partial charge >= 0.3 is 0 Å². The first-order chi connectivity index (χ1) is 16.2.